The molecule has 3 heteroatoms. The molecule has 1 heterocycles. The van der Waals surface area contributed by atoms with Gasteiger partial charge >= 0.3 is 4.87 Å². The van der Waals surface area contributed by atoms with Crippen molar-refractivity contribution in [2.75, 3.05) is 0 Å². The summed E-state index contributed by atoms with van der Waals surface area (Å²) >= 11 is 1.39. The summed E-state index contributed by atoms with van der Waals surface area (Å²) in [7, 11) is 0. The van der Waals surface area contributed by atoms with Crippen molar-refractivity contribution in [3.05, 3.63) is 20.2 Å². The van der Waals surface area contributed by atoms with Crippen molar-refractivity contribution in [3.63, 3.8) is 0 Å². The molecule has 2 nitrogen and oxygen atoms in total. The smallest absolute Gasteiger partial charge is 0.304 e. The van der Waals surface area contributed by atoms with Crippen LogP contribution in [0.3, 0.4) is 0 Å². The predicted molar refractivity (Wildman–Crippen MR) is 60.1 cm³/mol. The van der Waals surface area contributed by atoms with Gasteiger partial charge in [0.25, 0.3) is 0 Å². The topological polar surface area (TPSA) is 32.9 Å². The fraction of sp³-hybridized carbons (Fsp3) is 0.727. The summed E-state index contributed by atoms with van der Waals surface area (Å²) in [6.07, 6.45) is 2.16. The second-order valence-corrected chi connectivity index (χ2v) is 6.71. The molecule has 0 saturated heterocycles. The summed E-state index contributed by atoms with van der Waals surface area (Å²) in [5.41, 5.74) is 1.63. The molecule has 0 spiro atoms. The highest BCUT2D eigenvalue weighted by Gasteiger charge is 2.39. The van der Waals surface area contributed by atoms with Crippen LogP contribution in [0.1, 0.15) is 44.7 Å². The van der Waals surface area contributed by atoms with E-state index >= 15 is 0 Å². The monoisotopic (exact) mass is 211 g/mol. The van der Waals surface area contributed by atoms with Crippen molar-refractivity contribution >= 4 is 11.3 Å². The molecule has 1 aliphatic rings. The Balaban J connectivity index is 2.57. The van der Waals surface area contributed by atoms with Crippen molar-refractivity contribution in [2.24, 2.45) is 5.41 Å². The van der Waals surface area contributed by atoms with Crippen molar-refractivity contribution in [1.82, 2.24) is 4.98 Å². The van der Waals surface area contributed by atoms with E-state index in [0.29, 0.717) is 5.41 Å². The maximum Gasteiger partial charge on any atom is 0.304 e. The molecule has 0 radical (unpaired) electrons. The van der Waals surface area contributed by atoms with E-state index in [4.69, 9.17) is 0 Å². The second-order valence-electron chi connectivity index (χ2n) is 5.72. The van der Waals surface area contributed by atoms with Gasteiger partial charge in [0.1, 0.15) is 0 Å². The van der Waals surface area contributed by atoms with Gasteiger partial charge in [-0.05, 0) is 18.3 Å². The largest absolute Gasteiger partial charge is 0.316 e. The van der Waals surface area contributed by atoms with Gasteiger partial charge in [-0.1, -0.05) is 39.0 Å². The molecule has 1 aliphatic carbocycles. The third-order valence-electron chi connectivity index (χ3n) is 2.91. The van der Waals surface area contributed by atoms with Gasteiger partial charge in [-0.2, -0.15) is 0 Å². The minimum absolute atomic E-state index is 0.0979. The lowest BCUT2D eigenvalue weighted by atomic mass is 9.67. The number of thiazole rings is 1. The molecule has 14 heavy (non-hydrogen) atoms. The standard InChI is InChI=1S/C11H17NOS/c1-10(2)5-7-8(11(3,4)6-10)14-9(13)12-7/h5-6H2,1-4H3,(H,12,13). The second kappa shape index (κ2) is 2.72. The predicted octanol–water partition coefficient (Wildman–Crippen LogP) is 2.69. The molecular weight excluding hydrogens is 194 g/mol. The average molecular weight is 211 g/mol. The molecule has 1 aromatic heterocycles. The first-order valence-corrected chi connectivity index (χ1v) is 5.84. The first kappa shape index (κ1) is 9.97. The number of rotatable bonds is 0. The van der Waals surface area contributed by atoms with Gasteiger partial charge in [0.15, 0.2) is 0 Å². The Hall–Kier alpha value is -0.570. The molecule has 1 aromatic rings. The molecule has 0 aliphatic heterocycles. The first-order valence-electron chi connectivity index (χ1n) is 5.03. The molecule has 0 amide bonds. The van der Waals surface area contributed by atoms with Crippen LogP contribution in [0.4, 0.5) is 0 Å². The fourth-order valence-electron chi connectivity index (χ4n) is 2.85. The van der Waals surface area contributed by atoms with Crippen LogP contribution in [0.25, 0.3) is 0 Å². The van der Waals surface area contributed by atoms with Gasteiger partial charge in [-0.3, -0.25) is 4.79 Å². The Morgan fingerprint density at radius 3 is 2.57 bits per heavy atom. The summed E-state index contributed by atoms with van der Waals surface area (Å²) in [6, 6.07) is 0. The molecule has 0 fully saturated rings. The molecule has 2 rings (SSSR count). The van der Waals surface area contributed by atoms with Gasteiger partial charge in [0, 0.05) is 16.0 Å². The van der Waals surface area contributed by atoms with Crippen LogP contribution < -0.4 is 4.87 Å². The Kier molecular flexibility index (Phi) is 1.94. The fourth-order valence-corrected chi connectivity index (χ4v) is 3.80. The Morgan fingerprint density at radius 2 is 1.93 bits per heavy atom. The van der Waals surface area contributed by atoms with E-state index in [1.54, 1.807) is 0 Å². The third-order valence-corrected chi connectivity index (χ3v) is 4.20. The van der Waals surface area contributed by atoms with Crippen molar-refractivity contribution in [2.45, 2.75) is 46.0 Å². The van der Waals surface area contributed by atoms with E-state index in [1.165, 1.54) is 21.9 Å². The SMILES string of the molecule is CC1(C)Cc2[nH]c(=O)sc2C(C)(C)C1. The van der Waals surface area contributed by atoms with E-state index < -0.39 is 0 Å². The van der Waals surface area contributed by atoms with E-state index in [-0.39, 0.29) is 10.3 Å². The molecule has 0 unspecified atom stereocenters. The van der Waals surface area contributed by atoms with Gasteiger partial charge in [0.05, 0.1) is 0 Å². The summed E-state index contributed by atoms with van der Waals surface area (Å²) in [4.78, 5) is 15.7. The third kappa shape index (κ3) is 1.54. The van der Waals surface area contributed by atoms with E-state index in [9.17, 15) is 4.79 Å². The van der Waals surface area contributed by atoms with Crippen LogP contribution in [0.15, 0.2) is 4.79 Å². The lowest BCUT2D eigenvalue weighted by molar-refractivity contribution is 0.232. The Labute approximate surface area is 88.4 Å². The highest BCUT2D eigenvalue weighted by Crippen LogP contribution is 2.45. The van der Waals surface area contributed by atoms with Crippen molar-refractivity contribution < 1.29 is 0 Å². The maximum atomic E-state index is 11.3. The number of fused-ring (bicyclic) bond motifs is 1. The summed E-state index contributed by atoms with van der Waals surface area (Å²) < 4.78 is 0. The summed E-state index contributed by atoms with van der Waals surface area (Å²) in [5.74, 6) is 0. The van der Waals surface area contributed by atoms with Gasteiger partial charge < -0.3 is 4.98 Å². The lowest BCUT2D eigenvalue weighted by Gasteiger charge is -2.39. The summed E-state index contributed by atoms with van der Waals surface area (Å²) in [5, 5.41) is 0. The van der Waals surface area contributed by atoms with Gasteiger partial charge in [-0.25, -0.2) is 0 Å². The quantitative estimate of drug-likeness (QED) is 0.703. The zero-order chi connectivity index (χ0) is 10.6. The minimum Gasteiger partial charge on any atom is -0.316 e. The molecule has 0 bridgehead atoms. The van der Waals surface area contributed by atoms with Crippen LogP contribution in [0, 0.1) is 5.41 Å². The number of hydrogen-bond donors (Lipinski definition) is 1. The van der Waals surface area contributed by atoms with E-state index in [0.717, 1.165) is 12.8 Å². The van der Waals surface area contributed by atoms with Crippen molar-refractivity contribution in [3.8, 4) is 0 Å². The van der Waals surface area contributed by atoms with Crippen LogP contribution in [-0.4, -0.2) is 4.98 Å². The van der Waals surface area contributed by atoms with Gasteiger partial charge in [0.2, 0.25) is 0 Å². The first-order chi connectivity index (χ1) is 6.30. The Bertz CT molecular complexity index is 411. The highest BCUT2D eigenvalue weighted by molar-refractivity contribution is 7.09. The van der Waals surface area contributed by atoms with Crippen LogP contribution in [0.5, 0.6) is 0 Å². The van der Waals surface area contributed by atoms with Crippen LogP contribution in [0.2, 0.25) is 0 Å². The summed E-state index contributed by atoms with van der Waals surface area (Å²) in [6.45, 7) is 9.01. The molecular formula is C11H17NOS. The highest BCUT2D eigenvalue weighted by atomic mass is 32.1. The molecule has 0 saturated carbocycles. The number of aromatic amines is 1. The molecule has 0 aromatic carbocycles. The molecule has 78 valence electrons. The molecule has 1 N–H and O–H groups in total. The lowest BCUT2D eigenvalue weighted by Crippen LogP contribution is -2.33. The van der Waals surface area contributed by atoms with E-state index in [2.05, 4.69) is 32.7 Å². The Morgan fingerprint density at radius 1 is 1.29 bits per heavy atom. The van der Waals surface area contributed by atoms with Gasteiger partial charge in [-0.15, -0.1) is 0 Å². The zero-order valence-corrected chi connectivity index (χ0v) is 10.0. The number of hydrogen-bond acceptors (Lipinski definition) is 2. The number of H-pyrrole nitrogens is 1. The van der Waals surface area contributed by atoms with Crippen LogP contribution in [-0.2, 0) is 11.8 Å². The van der Waals surface area contributed by atoms with E-state index in [1.807, 2.05) is 0 Å². The zero-order valence-electron chi connectivity index (χ0n) is 9.23. The molecule has 0 atom stereocenters. The average Bonchev–Trinajstić information content (AvgIpc) is 2.25. The minimum atomic E-state index is 0.0979. The van der Waals surface area contributed by atoms with Crippen LogP contribution >= 0.6 is 11.3 Å². The van der Waals surface area contributed by atoms with Crippen molar-refractivity contribution in [1.29, 1.82) is 0 Å². The number of nitrogens with one attached hydrogen (secondary N) is 1. The number of aromatic nitrogens is 1. The normalized spacial score (nSPS) is 23.1. The maximum absolute atomic E-state index is 11.3.